The Morgan fingerprint density at radius 3 is 0.839 bits per heavy atom. The topological polar surface area (TPSA) is 0 Å². The Hall–Kier alpha value is -0.520. The third-order valence-corrected chi connectivity index (χ3v) is 6.53. The van der Waals surface area contributed by atoms with Gasteiger partial charge < -0.3 is 0 Å². The van der Waals surface area contributed by atoms with Crippen LogP contribution in [0.5, 0.6) is 0 Å². The average molecular weight is 433 g/mol. The molecule has 0 heterocycles. The molecule has 0 aliphatic rings. The predicted molar refractivity (Wildman–Crippen MR) is 145 cm³/mol. The number of hydrogen-bond donors (Lipinski definition) is 0. The lowest BCUT2D eigenvalue weighted by atomic mass is 10.0. The molecule has 0 amide bonds. The molecule has 0 heteroatoms. The smallest absolute Gasteiger partial charge is 0.0351 e. The minimum absolute atomic E-state index is 1.19. The summed E-state index contributed by atoms with van der Waals surface area (Å²) < 4.78 is 0. The summed E-state index contributed by atoms with van der Waals surface area (Å²) in [7, 11) is 0. The van der Waals surface area contributed by atoms with Gasteiger partial charge in [0, 0.05) is 0 Å². The molecule has 31 heavy (non-hydrogen) atoms. The molecule has 0 atom stereocenters. The van der Waals surface area contributed by atoms with Crippen molar-refractivity contribution in [3.05, 3.63) is 24.3 Å². The van der Waals surface area contributed by atoms with Crippen molar-refractivity contribution >= 4 is 0 Å². The van der Waals surface area contributed by atoms with Gasteiger partial charge in [-0.1, -0.05) is 154 Å². The first-order valence-electron chi connectivity index (χ1n) is 14.7. The quantitative estimate of drug-likeness (QED) is 0.0941. The predicted octanol–water partition coefficient (Wildman–Crippen LogP) is 11.9. The van der Waals surface area contributed by atoms with Gasteiger partial charge in [-0.05, 0) is 44.9 Å². The number of rotatable bonds is 26. The molecule has 0 aliphatic carbocycles. The molecule has 0 spiro atoms. The van der Waals surface area contributed by atoms with E-state index in [4.69, 9.17) is 0 Å². The molecule has 0 nitrogen and oxygen atoms in total. The lowest BCUT2D eigenvalue weighted by Gasteiger charge is -2.03. The van der Waals surface area contributed by atoms with Crippen LogP contribution in [0, 0.1) is 0 Å². The molecule has 0 N–H and O–H groups in total. The van der Waals surface area contributed by atoms with Crippen LogP contribution < -0.4 is 0 Å². The van der Waals surface area contributed by atoms with Crippen molar-refractivity contribution in [3.8, 4) is 0 Å². The fraction of sp³-hybridized carbons (Fsp3) is 0.871. The summed E-state index contributed by atoms with van der Waals surface area (Å²) in [6.45, 7) is 4.51. The van der Waals surface area contributed by atoms with Crippen LogP contribution in [0.15, 0.2) is 24.3 Å². The van der Waals surface area contributed by atoms with E-state index in [0.29, 0.717) is 0 Å². The SMILES string of the molecule is CCC=CCCCCCCCCCCCCCCCCCC=CCCCCCCCC. The molecule has 0 bridgehead atoms. The first-order chi connectivity index (χ1) is 15.4. The van der Waals surface area contributed by atoms with E-state index in [9.17, 15) is 0 Å². The summed E-state index contributed by atoms with van der Waals surface area (Å²) in [6.07, 6.45) is 45.0. The highest BCUT2D eigenvalue weighted by atomic mass is 14.0. The summed E-state index contributed by atoms with van der Waals surface area (Å²) in [4.78, 5) is 0. The maximum atomic E-state index is 2.44. The maximum absolute atomic E-state index is 2.44. The molecule has 0 radical (unpaired) electrons. The molecule has 0 aromatic carbocycles. The third-order valence-electron chi connectivity index (χ3n) is 6.53. The van der Waals surface area contributed by atoms with Crippen LogP contribution in [0.25, 0.3) is 0 Å². The Bertz CT molecular complexity index is 351. The minimum atomic E-state index is 1.19. The van der Waals surface area contributed by atoms with Crippen molar-refractivity contribution in [3.63, 3.8) is 0 Å². The fourth-order valence-electron chi connectivity index (χ4n) is 4.39. The Morgan fingerprint density at radius 2 is 0.548 bits per heavy atom. The third kappa shape index (κ3) is 29.5. The van der Waals surface area contributed by atoms with Crippen LogP contribution in [0.2, 0.25) is 0 Å². The number of hydrogen-bond acceptors (Lipinski definition) is 0. The van der Waals surface area contributed by atoms with Crippen LogP contribution >= 0.6 is 0 Å². The van der Waals surface area contributed by atoms with Crippen LogP contribution in [0.3, 0.4) is 0 Å². The molecule has 0 aliphatic heterocycles. The van der Waals surface area contributed by atoms with Crippen molar-refractivity contribution in [1.82, 2.24) is 0 Å². The van der Waals surface area contributed by atoms with Crippen LogP contribution in [0.1, 0.15) is 174 Å². The highest BCUT2D eigenvalue weighted by Crippen LogP contribution is 2.14. The van der Waals surface area contributed by atoms with Crippen molar-refractivity contribution < 1.29 is 0 Å². The first-order valence-corrected chi connectivity index (χ1v) is 14.7. The van der Waals surface area contributed by atoms with Crippen LogP contribution in [-0.4, -0.2) is 0 Å². The van der Waals surface area contributed by atoms with Gasteiger partial charge in [-0.2, -0.15) is 0 Å². The molecular weight excluding hydrogens is 372 g/mol. The Kier molecular flexibility index (Phi) is 29.0. The highest BCUT2D eigenvalue weighted by molar-refractivity contribution is 4.81. The van der Waals surface area contributed by atoms with E-state index in [1.54, 1.807) is 0 Å². The summed E-state index contributed by atoms with van der Waals surface area (Å²) >= 11 is 0. The van der Waals surface area contributed by atoms with Gasteiger partial charge >= 0.3 is 0 Å². The van der Waals surface area contributed by atoms with E-state index in [0.717, 1.165) is 0 Å². The van der Waals surface area contributed by atoms with Gasteiger partial charge in [0.05, 0.1) is 0 Å². The lowest BCUT2D eigenvalue weighted by molar-refractivity contribution is 0.531. The molecule has 0 aromatic rings. The molecule has 0 fully saturated rings. The van der Waals surface area contributed by atoms with Gasteiger partial charge in [-0.3, -0.25) is 0 Å². The first kappa shape index (κ1) is 30.5. The van der Waals surface area contributed by atoms with Crippen LogP contribution in [0.4, 0.5) is 0 Å². The van der Waals surface area contributed by atoms with E-state index in [2.05, 4.69) is 38.2 Å². The summed E-state index contributed by atoms with van der Waals surface area (Å²) in [5.41, 5.74) is 0. The van der Waals surface area contributed by atoms with Gasteiger partial charge in [0.25, 0.3) is 0 Å². The molecule has 0 saturated heterocycles. The molecular formula is C31H60. The summed E-state index contributed by atoms with van der Waals surface area (Å²) in [5.74, 6) is 0. The largest absolute Gasteiger partial charge is 0.0888 e. The van der Waals surface area contributed by atoms with Gasteiger partial charge in [0.15, 0.2) is 0 Å². The van der Waals surface area contributed by atoms with Gasteiger partial charge in [-0.15, -0.1) is 0 Å². The summed E-state index contributed by atoms with van der Waals surface area (Å²) in [6, 6.07) is 0. The van der Waals surface area contributed by atoms with Crippen molar-refractivity contribution in [2.24, 2.45) is 0 Å². The maximum Gasteiger partial charge on any atom is -0.0351 e. The van der Waals surface area contributed by atoms with E-state index in [-0.39, 0.29) is 0 Å². The minimum Gasteiger partial charge on any atom is -0.0888 e. The van der Waals surface area contributed by atoms with E-state index < -0.39 is 0 Å². The lowest BCUT2D eigenvalue weighted by Crippen LogP contribution is -1.83. The Morgan fingerprint density at radius 1 is 0.290 bits per heavy atom. The van der Waals surface area contributed by atoms with Gasteiger partial charge in [-0.25, -0.2) is 0 Å². The molecule has 184 valence electrons. The molecule has 0 saturated carbocycles. The zero-order valence-corrected chi connectivity index (χ0v) is 22.0. The van der Waals surface area contributed by atoms with Crippen LogP contribution in [-0.2, 0) is 0 Å². The van der Waals surface area contributed by atoms with Crippen molar-refractivity contribution in [1.29, 1.82) is 0 Å². The second kappa shape index (κ2) is 29.5. The Balaban J connectivity index is 3.06. The Labute approximate surface area is 198 Å². The highest BCUT2D eigenvalue weighted by Gasteiger charge is 1.94. The molecule has 0 aromatic heterocycles. The number of allylic oxidation sites excluding steroid dienone is 4. The second-order valence-electron chi connectivity index (χ2n) is 9.79. The zero-order chi connectivity index (χ0) is 22.5. The van der Waals surface area contributed by atoms with Gasteiger partial charge in [0.2, 0.25) is 0 Å². The van der Waals surface area contributed by atoms with Gasteiger partial charge in [0.1, 0.15) is 0 Å². The zero-order valence-electron chi connectivity index (χ0n) is 22.0. The van der Waals surface area contributed by atoms with E-state index in [1.165, 1.54) is 161 Å². The van der Waals surface area contributed by atoms with Crippen molar-refractivity contribution in [2.75, 3.05) is 0 Å². The fourth-order valence-corrected chi connectivity index (χ4v) is 4.39. The normalized spacial score (nSPS) is 11.9. The number of unbranched alkanes of at least 4 members (excludes halogenated alkanes) is 22. The standard InChI is InChI=1S/C31H60/c1-3-5-7-9-11-13-15-17-19-21-23-25-27-29-31-30-28-26-24-22-20-18-16-14-12-10-8-6-4-2/h5,7,18,20H,3-4,6,8-17,19,21-31H2,1-2H3. The average Bonchev–Trinajstić information content (AvgIpc) is 2.78. The van der Waals surface area contributed by atoms with Crippen molar-refractivity contribution in [2.45, 2.75) is 174 Å². The van der Waals surface area contributed by atoms with E-state index >= 15 is 0 Å². The second-order valence-corrected chi connectivity index (χ2v) is 9.79. The molecule has 0 unspecified atom stereocenters. The van der Waals surface area contributed by atoms with E-state index in [1.807, 2.05) is 0 Å². The monoisotopic (exact) mass is 432 g/mol. The molecule has 0 rings (SSSR count). The summed E-state index contributed by atoms with van der Waals surface area (Å²) in [5, 5.41) is 0.